The van der Waals surface area contributed by atoms with Gasteiger partial charge in [0.15, 0.2) is 0 Å². The highest BCUT2D eigenvalue weighted by Gasteiger charge is 2.08. The fourth-order valence-corrected chi connectivity index (χ4v) is 2.14. The van der Waals surface area contributed by atoms with Crippen LogP contribution in [0.15, 0.2) is 29.1 Å². The minimum atomic E-state index is 0.0253. The van der Waals surface area contributed by atoms with Gasteiger partial charge in [-0.15, -0.1) is 0 Å². The first-order valence-electron chi connectivity index (χ1n) is 5.83. The number of aromatic amines is 1. The number of aromatic nitrogens is 1. The summed E-state index contributed by atoms with van der Waals surface area (Å²) in [6.07, 6.45) is 1.64. The lowest BCUT2D eigenvalue weighted by Crippen LogP contribution is -2.15. The maximum Gasteiger partial charge on any atom is 0.251 e. The Labute approximate surface area is 100 Å². The van der Waals surface area contributed by atoms with Gasteiger partial charge in [-0.2, -0.15) is 0 Å². The van der Waals surface area contributed by atoms with Gasteiger partial charge in [0, 0.05) is 30.2 Å². The normalized spacial score (nSPS) is 10.9. The summed E-state index contributed by atoms with van der Waals surface area (Å²) < 4.78 is 5.02. The van der Waals surface area contributed by atoms with Crippen molar-refractivity contribution in [3.05, 3.63) is 45.7 Å². The average Bonchev–Trinajstić information content (AvgIpc) is 2.33. The van der Waals surface area contributed by atoms with Crippen molar-refractivity contribution in [2.24, 2.45) is 0 Å². The van der Waals surface area contributed by atoms with Crippen LogP contribution in [0.2, 0.25) is 0 Å². The van der Waals surface area contributed by atoms with Crippen LogP contribution in [0.3, 0.4) is 0 Å². The third-order valence-electron chi connectivity index (χ3n) is 3.08. The standard InChI is InChI=1S/C14H17NO2/c1-10-11-6-3-4-8-13(11)15-14(16)12(10)7-5-9-17-2/h3-4,6,8H,5,7,9H2,1-2H3,(H,15,16). The van der Waals surface area contributed by atoms with Gasteiger partial charge in [-0.1, -0.05) is 18.2 Å². The molecule has 0 saturated carbocycles. The summed E-state index contributed by atoms with van der Waals surface area (Å²) >= 11 is 0. The maximum absolute atomic E-state index is 12.0. The van der Waals surface area contributed by atoms with Crippen molar-refractivity contribution in [3.8, 4) is 0 Å². The van der Waals surface area contributed by atoms with Crippen molar-refractivity contribution in [1.29, 1.82) is 0 Å². The summed E-state index contributed by atoms with van der Waals surface area (Å²) in [6.45, 7) is 2.70. The lowest BCUT2D eigenvalue weighted by Gasteiger charge is -2.08. The quantitative estimate of drug-likeness (QED) is 0.821. The van der Waals surface area contributed by atoms with E-state index in [0.717, 1.165) is 34.9 Å². The Morgan fingerprint density at radius 2 is 2.06 bits per heavy atom. The third-order valence-corrected chi connectivity index (χ3v) is 3.08. The molecular weight excluding hydrogens is 214 g/mol. The molecule has 0 radical (unpaired) electrons. The van der Waals surface area contributed by atoms with E-state index in [9.17, 15) is 4.79 Å². The Morgan fingerprint density at radius 3 is 2.82 bits per heavy atom. The smallest absolute Gasteiger partial charge is 0.251 e. The van der Waals surface area contributed by atoms with Crippen molar-refractivity contribution >= 4 is 10.9 Å². The zero-order valence-corrected chi connectivity index (χ0v) is 10.2. The molecule has 1 aromatic carbocycles. The highest BCUT2D eigenvalue weighted by Crippen LogP contribution is 2.17. The van der Waals surface area contributed by atoms with Crippen LogP contribution in [0.1, 0.15) is 17.5 Å². The van der Waals surface area contributed by atoms with Gasteiger partial charge in [-0.05, 0) is 31.4 Å². The molecule has 0 amide bonds. The van der Waals surface area contributed by atoms with Gasteiger partial charge in [-0.3, -0.25) is 4.79 Å². The van der Waals surface area contributed by atoms with Crippen LogP contribution >= 0.6 is 0 Å². The van der Waals surface area contributed by atoms with Crippen LogP contribution in [-0.4, -0.2) is 18.7 Å². The third kappa shape index (κ3) is 2.39. The molecule has 0 atom stereocenters. The van der Waals surface area contributed by atoms with E-state index in [1.54, 1.807) is 7.11 Å². The molecule has 0 bridgehead atoms. The molecule has 0 aliphatic heterocycles. The molecule has 1 aromatic heterocycles. The molecular formula is C14H17NO2. The van der Waals surface area contributed by atoms with Crippen LogP contribution in [0.5, 0.6) is 0 Å². The Morgan fingerprint density at radius 1 is 1.29 bits per heavy atom. The number of methoxy groups -OCH3 is 1. The van der Waals surface area contributed by atoms with E-state index in [1.165, 1.54) is 0 Å². The molecule has 0 unspecified atom stereocenters. The maximum atomic E-state index is 12.0. The molecule has 3 nitrogen and oxygen atoms in total. The van der Waals surface area contributed by atoms with Gasteiger partial charge in [-0.25, -0.2) is 0 Å². The Balaban J connectivity index is 2.45. The Hall–Kier alpha value is -1.61. The van der Waals surface area contributed by atoms with Gasteiger partial charge in [0.25, 0.3) is 5.56 Å². The summed E-state index contributed by atoms with van der Waals surface area (Å²) in [5.41, 5.74) is 2.89. The fraction of sp³-hybridized carbons (Fsp3) is 0.357. The lowest BCUT2D eigenvalue weighted by molar-refractivity contribution is 0.195. The van der Waals surface area contributed by atoms with Gasteiger partial charge >= 0.3 is 0 Å². The molecule has 1 heterocycles. The number of aryl methyl sites for hydroxylation is 1. The summed E-state index contributed by atoms with van der Waals surface area (Å²) in [6, 6.07) is 7.90. The first-order chi connectivity index (χ1) is 8.24. The summed E-state index contributed by atoms with van der Waals surface area (Å²) in [5.74, 6) is 0. The lowest BCUT2D eigenvalue weighted by atomic mass is 10.0. The van der Waals surface area contributed by atoms with E-state index >= 15 is 0 Å². The molecule has 2 aromatic rings. The van der Waals surface area contributed by atoms with Crippen molar-refractivity contribution in [3.63, 3.8) is 0 Å². The summed E-state index contributed by atoms with van der Waals surface area (Å²) in [7, 11) is 1.68. The zero-order chi connectivity index (χ0) is 12.3. The molecule has 0 aliphatic carbocycles. The monoisotopic (exact) mass is 231 g/mol. The average molecular weight is 231 g/mol. The minimum absolute atomic E-state index is 0.0253. The summed E-state index contributed by atoms with van der Waals surface area (Å²) in [5, 5.41) is 1.12. The van der Waals surface area contributed by atoms with Crippen LogP contribution in [-0.2, 0) is 11.2 Å². The second-order valence-electron chi connectivity index (χ2n) is 4.20. The molecule has 0 aliphatic rings. The molecule has 3 heteroatoms. The number of pyridine rings is 1. The molecule has 2 rings (SSSR count). The molecule has 1 N–H and O–H groups in total. The van der Waals surface area contributed by atoms with Gasteiger partial charge in [0.1, 0.15) is 0 Å². The second-order valence-corrected chi connectivity index (χ2v) is 4.20. The topological polar surface area (TPSA) is 42.1 Å². The van der Waals surface area contributed by atoms with Crippen molar-refractivity contribution in [2.45, 2.75) is 19.8 Å². The number of para-hydroxylation sites is 1. The van der Waals surface area contributed by atoms with Gasteiger partial charge < -0.3 is 9.72 Å². The Kier molecular flexibility index (Phi) is 3.59. The van der Waals surface area contributed by atoms with Crippen molar-refractivity contribution in [1.82, 2.24) is 4.98 Å². The van der Waals surface area contributed by atoms with Crippen LogP contribution < -0.4 is 5.56 Å². The SMILES string of the molecule is COCCCc1c(C)c2ccccc2[nH]c1=O. The van der Waals surface area contributed by atoms with Crippen molar-refractivity contribution < 1.29 is 4.74 Å². The first-order valence-corrected chi connectivity index (χ1v) is 5.83. The van der Waals surface area contributed by atoms with Crippen molar-refractivity contribution in [2.75, 3.05) is 13.7 Å². The number of benzene rings is 1. The Bertz CT molecular complexity index is 572. The van der Waals surface area contributed by atoms with E-state index in [4.69, 9.17) is 4.74 Å². The van der Waals surface area contributed by atoms with E-state index in [2.05, 4.69) is 4.98 Å². The number of rotatable bonds is 4. The number of nitrogens with one attached hydrogen (secondary N) is 1. The fourth-order valence-electron chi connectivity index (χ4n) is 2.14. The molecule has 90 valence electrons. The first kappa shape index (κ1) is 11.9. The molecule has 17 heavy (non-hydrogen) atoms. The number of H-pyrrole nitrogens is 1. The predicted octanol–water partition coefficient (Wildman–Crippen LogP) is 2.42. The minimum Gasteiger partial charge on any atom is -0.385 e. The molecule has 0 spiro atoms. The van der Waals surface area contributed by atoms with Gasteiger partial charge in [0.2, 0.25) is 0 Å². The van der Waals surface area contributed by atoms with Crippen LogP contribution in [0, 0.1) is 6.92 Å². The van der Waals surface area contributed by atoms with E-state index in [1.807, 2.05) is 31.2 Å². The van der Waals surface area contributed by atoms with Gasteiger partial charge in [0.05, 0.1) is 0 Å². The number of fused-ring (bicyclic) bond motifs is 1. The number of ether oxygens (including phenoxy) is 1. The van der Waals surface area contributed by atoms with E-state index in [-0.39, 0.29) is 5.56 Å². The summed E-state index contributed by atoms with van der Waals surface area (Å²) in [4.78, 5) is 14.9. The zero-order valence-electron chi connectivity index (χ0n) is 10.2. The largest absolute Gasteiger partial charge is 0.385 e. The number of hydrogen-bond acceptors (Lipinski definition) is 2. The molecule has 0 saturated heterocycles. The molecule has 0 fully saturated rings. The second kappa shape index (κ2) is 5.15. The van der Waals surface area contributed by atoms with Crippen LogP contribution in [0.4, 0.5) is 0 Å². The van der Waals surface area contributed by atoms with E-state index in [0.29, 0.717) is 6.61 Å². The highest BCUT2D eigenvalue weighted by atomic mass is 16.5. The number of hydrogen-bond donors (Lipinski definition) is 1. The predicted molar refractivity (Wildman–Crippen MR) is 69.5 cm³/mol. The van der Waals surface area contributed by atoms with E-state index < -0.39 is 0 Å². The highest BCUT2D eigenvalue weighted by molar-refractivity contribution is 5.82. The van der Waals surface area contributed by atoms with Crippen LogP contribution in [0.25, 0.3) is 10.9 Å².